The number of carboxylic acids is 1. The first-order valence-electron chi connectivity index (χ1n) is 13.3. The van der Waals surface area contributed by atoms with Gasteiger partial charge < -0.3 is 20.2 Å². The van der Waals surface area contributed by atoms with Crippen molar-refractivity contribution in [1.82, 2.24) is 15.1 Å². The van der Waals surface area contributed by atoms with Gasteiger partial charge in [0.2, 0.25) is 5.91 Å². The van der Waals surface area contributed by atoms with Crippen LogP contribution in [0, 0.1) is 11.8 Å². The Labute approximate surface area is 244 Å². The molecule has 0 saturated carbocycles. The van der Waals surface area contributed by atoms with Gasteiger partial charge >= 0.3 is 11.9 Å². The van der Waals surface area contributed by atoms with Crippen molar-refractivity contribution in [2.45, 2.75) is 56.9 Å². The number of carboxylic acid groups (broad SMARTS) is 1. The molecule has 1 aromatic rings. The topological polar surface area (TPSA) is 90.0 Å². The van der Waals surface area contributed by atoms with Crippen molar-refractivity contribution in [3.8, 4) is 0 Å². The molecule has 7 nitrogen and oxygen atoms in total. The molecule has 2 N–H and O–H groups in total. The summed E-state index contributed by atoms with van der Waals surface area (Å²) in [7, 11) is 0. The lowest BCUT2D eigenvalue weighted by Crippen LogP contribution is -2.45. The number of amides is 2. The average Bonchev–Trinajstić information content (AvgIpc) is 3.05. The minimum atomic E-state index is -1.41. The van der Waals surface area contributed by atoms with E-state index in [1.165, 1.54) is 21.6 Å². The Kier molecular flexibility index (Phi) is 8.55. The number of aliphatic carboxylic acids is 1. The Morgan fingerprint density at radius 2 is 1.68 bits per heavy atom. The molecular weight excluding hydrogens is 638 g/mol. The number of allylic oxidation sites excluding steroid dienone is 2. The summed E-state index contributed by atoms with van der Waals surface area (Å²) in [6.07, 6.45) is 9.90. The molecule has 0 radical (unpaired) electrons. The molecule has 2 atom stereocenters. The average molecular weight is 670 g/mol. The summed E-state index contributed by atoms with van der Waals surface area (Å²) in [5, 5.41) is 13.4. The van der Waals surface area contributed by atoms with Gasteiger partial charge in [-0.3, -0.25) is 9.59 Å². The SMILES string of the molecule is O=C(O)C(=O)N1CCC(CC(=O)N2CCC([C@@H]3c4c(Br)cc(Cl)cc4CCC4=CC(Br)=CNC43)CC2)CC1. The number of benzene rings is 1. The standard InChI is InChI=1S/C28H32Br2ClN3O4/c29-20-12-19-2-1-18-13-21(31)14-22(30)24(18)25(26(19)32-15-20)17-5-9-33(10-6-17)23(35)11-16-3-7-34(8-4-16)27(36)28(37)38/h12-17,25-26,32H,1-11H2,(H,37,38)/t25-,26?/m1/s1. The summed E-state index contributed by atoms with van der Waals surface area (Å²) in [6.45, 7) is 2.28. The van der Waals surface area contributed by atoms with Crippen LogP contribution in [0.15, 0.2) is 38.9 Å². The Balaban J connectivity index is 1.25. The number of nitrogens with one attached hydrogen (secondary N) is 1. The van der Waals surface area contributed by atoms with E-state index in [4.69, 9.17) is 16.7 Å². The van der Waals surface area contributed by atoms with Crippen molar-refractivity contribution < 1.29 is 19.5 Å². The zero-order chi connectivity index (χ0) is 27.0. The fourth-order valence-corrected chi connectivity index (χ4v) is 8.24. The van der Waals surface area contributed by atoms with Gasteiger partial charge in [-0.25, -0.2) is 4.79 Å². The molecule has 1 aliphatic carbocycles. The van der Waals surface area contributed by atoms with Crippen molar-refractivity contribution in [3.05, 3.63) is 55.1 Å². The Bertz CT molecular complexity index is 1190. The van der Waals surface area contributed by atoms with Crippen molar-refractivity contribution in [3.63, 3.8) is 0 Å². The summed E-state index contributed by atoms with van der Waals surface area (Å²) in [6, 6.07) is 4.33. The fraction of sp³-hybridized carbons (Fsp3) is 0.536. The second kappa shape index (κ2) is 11.7. The number of hydrogen-bond acceptors (Lipinski definition) is 4. The maximum atomic E-state index is 13.2. The van der Waals surface area contributed by atoms with E-state index in [1.807, 2.05) is 17.2 Å². The highest BCUT2D eigenvalue weighted by molar-refractivity contribution is 9.12. The lowest BCUT2D eigenvalue weighted by molar-refractivity contribution is -0.156. The molecule has 3 heterocycles. The predicted molar refractivity (Wildman–Crippen MR) is 153 cm³/mol. The molecular formula is C28H32Br2ClN3O4. The van der Waals surface area contributed by atoms with Gasteiger partial charge in [0, 0.05) is 58.7 Å². The number of piperidine rings is 2. The van der Waals surface area contributed by atoms with Crippen LogP contribution in [-0.4, -0.2) is 64.9 Å². The molecule has 2 amide bonds. The minimum absolute atomic E-state index is 0.170. The first kappa shape index (κ1) is 27.7. The summed E-state index contributed by atoms with van der Waals surface area (Å²) in [5.74, 6) is -1.20. The summed E-state index contributed by atoms with van der Waals surface area (Å²) in [4.78, 5) is 39.2. The molecule has 204 valence electrons. The number of hydrogen-bond donors (Lipinski definition) is 2. The Morgan fingerprint density at radius 1 is 1.00 bits per heavy atom. The highest BCUT2D eigenvalue weighted by atomic mass is 79.9. The number of carbonyl (C=O) groups is 3. The van der Waals surface area contributed by atoms with Crippen LogP contribution in [0.3, 0.4) is 0 Å². The van der Waals surface area contributed by atoms with Crippen LogP contribution < -0.4 is 5.32 Å². The van der Waals surface area contributed by atoms with Crippen LogP contribution in [0.25, 0.3) is 0 Å². The molecule has 38 heavy (non-hydrogen) atoms. The van der Waals surface area contributed by atoms with E-state index < -0.39 is 11.9 Å². The van der Waals surface area contributed by atoms with E-state index >= 15 is 0 Å². The monoisotopic (exact) mass is 667 g/mol. The molecule has 0 aromatic heterocycles. The highest BCUT2D eigenvalue weighted by Gasteiger charge is 2.40. The van der Waals surface area contributed by atoms with Crippen molar-refractivity contribution in [1.29, 1.82) is 0 Å². The lowest BCUT2D eigenvalue weighted by atomic mass is 9.73. The van der Waals surface area contributed by atoms with Gasteiger partial charge in [0.1, 0.15) is 0 Å². The van der Waals surface area contributed by atoms with E-state index in [0.717, 1.165) is 52.8 Å². The minimum Gasteiger partial charge on any atom is -0.474 e. The van der Waals surface area contributed by atoms with Gasteiger partial charge in [-0.1, -0.05) is 27.5 Å². The molecule has 1 aromatic carbocycles. The van der Waals surface area contributed by atoms with Crippen LogP contribution in [0.1, 0.15) is 55.6 Å². The smallest absolute Gasteiger partial charge is 0.394 e. The maximum Gasteiger partial charge on any atom is 0.394 e. The van der Waals surface area contributed by atoms with Gasteiger partial charge in [0.15, 0.2) is 0 Å². The molecule has 2 saturated heterocycles. The van der Waals surface area contributed by atoms with Crippen molar-refractivity contribution in [2.24, 2.45) is 11.8 Å². The molecule has 0 spiro atoms. The number of dihydropyridines is 1. The van der Waals surface area contributed by atoms with Crippen molar-refractivity contribution >= 4 is 61.2 Å². The van der Waals surface area contributed by atoms with Crippen LogP contribution in [0.2, 0.25) is 5.02 Å². The number of nitrogens with zero attached hydrogens (tertiary/aromatic N) is 2. The maximum absolute atomic E-state index is 13.2. The summed E-state index contributed by atoms with van der Waals surface area (Å²) < 4.78 is 2.12. The van der Waals surface area contributed by atoms with Gasteiger partial charge in [0.25, 0.3) is 0 Å². The number of halogens is 3. The van der Waals surface area contributed by atoms with Gasteiger partial charge in [-0.15, -0.1) is 0 Å². The molecule has 10 heteroatoms. The van der Waals surface area contributed by atoms with Crippen LogP contribution in [-0.2, 0) is 20.8 Å². The molecule has 1 unspecified atom stereocenters. The summed E-state index contributed by atoms with van der Waals surface area (Å²) >= 11 is 13.9. The van der Waals surface area contributed by atoms with Crippen molar-refractivity contribution in [2.75, 3.05) is 26.2 Å². The lowest BCUT2D eigenvalue weighted by Gasteiger charge is -2.41. The van der Waals surface area contributed by atoms with Gasteiger partial charge in [-0.05, 0) is 101 Å². The Hall–Kier alpha value is -1.84. The molecule has 0 bridgehead atoms. The third-order valence-corrected chi connectivity index (χ3v) is 9.96. The zero-order valence-corrected chi connectivity index (χ0v) is 25.0. The molecule has 4 aliphatic rings. The number of fused-ring (bicyclic) bond motifs is 2. The third kappa shape index (κ3) is 5.85. The largest absolute Gasteiger partial charge is 0.474 e. The van der Waals surface area contributed by atoms with Gasteiger partial charge in [0.05, 0.1) is 6.04 Å². The number of rotatable bonds is 3. The summed E-state index contributed by atoms with van der Waals surface area (Å²) in [5.41, 5.74) is 4.04. The number of likely N-dealkylation sites (tertiary alicyclic amines) is 2. The molecule has 2 fully saturated rings. The Morgan fingerprint density at radius 3 is 2.37 bits per heavy atom. The highest BCUT2D eigenvalue weighted by Crippen LogP contribution is 2.47. The normalized spacial score (nSPS) is 24.4. The first-order chi connectivity index (χ1) is 18.2. The second-order valence-corrected chi connectivity index (χ2v) is 13.0. The first-order valence-corrected chi connectivity index (χ1v) is 15.3. The second-order valence-electron chi connectivity index (χ2n) is 10.8. The zero-order valence-electron chi connectivity index (χ0n) is 21.1. The fourth-order valence-electron chi connectivity index (χ4n) is 6.68. The van der Waals surface area contributed by atoms with E-state index in [-0.39, 0.29) is 23.8 Å². The van der Waals surface area contributed by atoms with Crippen LogP contribution in [0.4, 0.5) is 0 Å². The van der Waals surface area contributed by atoms with E-state index in [2.05, 4.69) is 49.3 Å². The molecule has 5 rings (SSSR count). The van der Waals surface area contributed by atoms with Crippen LogP contribution in [0.5, 0.6) is 0 Å². The van der Waals surface area contributed by atoms with E-state index in [0.29, 0.717) is 38.3 Å². The number of aryl methyl sites for hydroxylation is 1. The predicted octanol–water partition coefficient (Wildman–Crippen LogP) is 5.22. The van der Waals surface area contributed by atoms with Crippen LogP contribution >= 0.6 is 43.5 Å². The number of carbonyl (C=O) groups excluding carboxylic acids is 2. The van der Waals surface area contributed by atoms with Gasteiger partial charge in [-0.2, -0.15) is 0 Å². The third-order valence-electron chi connectivity index (χ3n) is 8.63. The molecule has 3 aliphatic heterocycles. The quantitative estimate of drug-likeness (QED) is 0.431. The van der Waals surface area contributed by atoms with E-state index in [9.17, 15) is 14.4 Å². The van der Waals surface area contributed by atoms with E-state index in [1.54, 1.807) is 0 Å².